The molecule has 0 aromatic rings. The lowest BCUT2D eigenvalue weighted by atomic mass is 10.0. The zero-order valence-electron chi connectivity index (χ0n) is 10.6. The van der Waals surface area contributed by atoms with Crippen LogP contribution in [0.1, 0.15) is 52.4 Å². The Morgan fingerprint density at radius 3 is 2.31 bits per heavy atom. The van der Waals surface area contributed by atoms with Crippen molar-refractivity contribution in [1.29, 1.82) is 0 Å². The van der Waals surface area contributed by atoms with Gasteiger partial charge >= 0.3 is 0 Å². The Hall–Kier alpha value is -0.570. The quantitative estimate of drug-likeness (QED) is 0.755. The third-order valence-corrected chi connectivity index (χ3v) is 3.71. The molecule has 1 aliphatic carbocycles. The second-order valence-corrected chi connectivity index (χ2v) is 4.71. The summed E-state index contributed by atoms with van der Waals surface area (Å²) >= 11 is 0. The van der Waals surface area contributed by atoms with Gasteiger partial charge in [-0.05, 0) is 25.7 Å². The Balaban J connectivity index is 2.63. The number of amides is 1. The summed E-state index contributed by atoms with van der Waals surface area (Å²) in [7, 11) is 0. The molecule has 0 bridgehead atoms. The molecule has 0 atom stereocenters. The first-order valence-electron chi connectivity index (χ1n) is 6.65. The smallest absolute Gasteiger partial charge is 0.226 e. The number of aliphatic hydroxyl groups is 1. The van der Waals surface area contributed by atoms with E-state index < -0.39 is 0 Å². The highest BCUT2D eigenvalue weighted by Gasteiger charge is 2.29. The first kappa shape index (κ1) is 13.5. The molecule has 3 nitrogen and oxygen atoms in total. The maximum absolute atomic E-state index is 12.3. The van der Waals surface area contributed by atoms with Crippen molar-refractivity contribution < 1.29 is 9.90 Å². The van der Waals surface area contributed by atoms with E-state index in [1.54, 1.807) is 0 Å². The molecule has 0 radical (unpaired) electrons. The molecule has 0 aliphatic heterocycles. The number of hydrogen-bond donors (Lipinski definition) is 1. The molecule has 94 valence electrons. The summed E-state index contributed by atoms with van der Waals surface area (Å²) in [5.74, 6) is 0.507. The number of carbonyl (C=O) groups is 1. The summed E-state index contributed by atoms with van der Waals surface area (Å²) in [6.07, 6.45) is 6.42. The van der Waals surface area contributed by atoms with Crippen LogP contribution in [-0.4, -0.2) is 35.1 Å². The van der Waals surface area contributed by atoms with Gasteiger partial charge in [-0.15, -0.1) is 0 Å². The molecule has 1 aliphatic rings. The minimum Gasteiger partial charge on any atom is -0.395 e. The molecule has 0 aromatic heterocycles. The van der Waals surface area contributed by atoms with E-state index in [2.05, 4.69) is 13.8 Å². The lowest BCUT2D eigenvalue weighted by Crippen LogP contribution is -2.44. The van der Waals surface area contributed by atoms with Crippen LogP contribution in [0.15, 0.2) is 0 Å². The van der Waals surface area contributed by atoms with Gasteiger partial charge in [0, 0.05) is 18.5 Å². The molecule has 0 heterocycles. The molecule has 1 amide bonds. The van der Waals surface area contributed by atoms with Crippen LogP contribution in [0.5, 0.6) is 0 Å². The average Bonchev–Trinajstić information content (AvgIpc) is 2.82. The summed E-state index contributed by atoms with van der Waals surface area (Å²) in [5, 5.41) is 9.07. The molecule has 3 heteroatoms. The zero-order valence-corrected chi connectivity index (χ0v) is 10.6. The van der Waals surface area contributed by atoms with Crippen LogP contribution in [0.25, 0.3) is 0 Å². The van der Waals surface area contributed by atoms with Crippen molar-refractivity contribution in [3.63, 3.8) is 0 Å². The van der Waals surface area contributed by atoms with Crippen LogP contribution in [-0.2, 0) is 4.79 Å². The van der Waals surface area contributed by atoms with Crippen molar-refractivity contribution in [2.45, 2.75) is 58.4 Å². The van der Waals surface area contributed by atoms with Crippen LogP contribution in [0.2, 0.25) is 0 Å². The molecule has 0 spiro atoms. The van der Waals surface area contributed by atoms with E-state index in [1.807, 2.05) is 4.90 Å². The molecular weight excluding hydrogens is 202 g/mol. The number of hydrogen-bond acceptors (Lipinski definition) is 2. The van der Waals surface area contributed by atoms with Crippen LogP contribution >= 0.6 is 0 Å². The van der Waals surface area contributed by atoms with Crippen LogP contribution in [0, 0.1) is 5.92 Å². The highest BCUT2D eigenvalue weighted by atomic mass is 16.3. The van der Waals surface area contributed by atoms with E-state index in [0.717, 1.165) is 25.7 Å². The number of aliphatic hydroxyl groups excluding tert-OH is 1. The van der Waals surface area contributed by atoms with Gasteiger partial charge in [-0.3, -0.25) is 4.79 Å². The van der Waals surface area contributed by atoms with Gasteiger partial charge in [-0.25, -0.2) is 0 Å². The predicted molar refractivity (Wildman–Crippen MR) is 65.1 cm³/mol. The lowest BCUT2D eigenvalue weighted by molar-refractivity contribution is -0.138. The van der Waals surface area contributed by atoms with Crippen molar-refractivity contribution in [2.75, 3.05) is 13.2 Å². The third kappa shape index (κ3) is 3.21. The Kier molecular flexibility index (Phi) is 5.81. The largest absolute Gasteiger partial charge is 0.395 e. The van der Waals surface area contributed by atoms with Crippen molar-refractivity contribution in [2.24, 2.45) is 5.92 Å². The second-order valence-electron chi connectivity index (χ2n) is 4.71. The Morgan fingerprint density at radius 2 is 1.88 bits per heavy atom. The standard InChI is InChI=1S/C13H25NO2/c1-3-12(4-2)14(9-10-15)13(16)11-7-5-6-8-11/h11-12,15H,3-10H2,1-2H3. The summed E-state index contributed by atoms with van der Waals surface area (Å²) < 4.78 is 0. The van der Waals surface area contributed by atoms with Crippen molar-refractivity contribution in [3.05, 3.63) is 0 Å². The molecular formula is C13H25NO2. The Labute approximate surface area is 98.8 Å². The van der Waals surface area contributed by atoms with E-state index in [-0.39, 0.29) is 18.4 Å². The molecule has 0 saturated heterocycles. The maximum Gasteiger partial charge on any atom is 0.226 e. The van der Waals surface area contributed by atoms with Gasteiger partial charge < -0.3 is 10.0 Å². The van der Waals surface area contributed by atoms with Crippen molar-refractivity contribution in [3.8, 4) is 0 Å². The lowest BCUT2D eigenvalue weighted by Gasteiger charge is -2.32. The topological polar surface area (TPSA) is 40.5 Å². The van der Waals surface area contributed by atoms with Crippen molar-refractivity contribution in [1.82, 2.24) is 4.90 Å². The Morgan fingerprint density at radius 1 is 1.31 bits per heavy atom. The zero-order chi connectivity index (χ0) is 12.0. The summed E-state index contributed by atoms with van der Waals surface area (Å²) in [6, 6.07) is 0.306. The number of nitrogens with zero attached hydrogens (tertiary/aromatic N) is 1. The average molecular weight is 227 g/mol. The maximum atomic E-state index is 12.3. The van der Waals surface area contributed by atoms with E-state index in [1.165, 1.54) is 12.8 Å². The summed E-state index contributed by atoms with van der Waals surface area (Å²) in [4.78, 5) is 14.2. The van der Waals surface area contributed by atoms with E-state index in [4.69, 9.17) is 5.11 Å². The van der Waals surface area contributed by atoms with Crippen LogP contribution < -0.4 is 0 Å². The van der Waals surface area contributed by atoms with Crippen LogP contribution in [0.4, 0.5) is 0 Å². The second kappa shape index (κ2) is 6.89. The fourth-order valence-corrected chi connectivity index (χ4v) is 2.72. The van der Waals surface area contributed by atoms with E-state index >= 15 is 0 Å². The van der Waals surface area contributed by atoms with E-state index in [9.17, 15) is 4.79 Å². The molecule has 1 fully saturated rings. The SMILES string of the molecule is CCC(CC)N(CCO)C(=O)C1CCCC1. The van der Waals surface area contributed by atoms with Gasteiger partial charge in [0.05, 0.1) is 6.61 Å². The third-order valence-electron chi connectivity index (χ3n) is 3.71. The minimum atomic E-state index is 0.0783. The van der Waals surface area contributed by atoms with Gasteiger partial charge in [0.1, 0.15) is 0 Å². The van der Waals surface area contributed by atoms with Gasteiger partial charge in [0.2, 0.25) is 5.91 Å². The highest BCUT2D eigenvalue weighted by Crippen LogP contribution is 2.27. The molecule has 1 N–H and O–H groups in total. The number of rotatable bonds is 6. The van der Waals surface area contributed by atoms with Crippen LogP contribution in [0.3, 0.4) is 0 Å². The molecule has 16 heavy (non-hydrogen) atoms. The first-order chi connectivity index (χ1) is 7.74. The van der Waals surface area contributed by atoms with Gasteiger partial charge in [-0.2, -0.15) is 0 Å². The fourth-order valence-electron chi connectivity index (χ4n) is 2.72. The van der Waals surface area contributed by atoms with Crippen molar-refractivity contribution >= 4 is 5.91 Å². The highest BCUT2D eigenvalue weighted by molar-refractivity contribution is 5.79. The Bertz CT molecular complexity index is 208. The molecule has 1 rings (SSSR count). The molecule has 0 aromatic carbocycles. The summed E-state index contributed by atoms with van der Waals surface area (Å²) in [6.45, 7) is 4.80. The van der Waals surface area contributed by atoms with Gasteiger partial charge in [0.15, 0.2) is 0 Å². The van der Waals surface area contributed by atoms with Gasteiger partial charge in [0.25, 0.3) is 0 Å². The van der Waals surface area contributed by atoms with Gasteiger partial charge in [-0.1, -0.05) is 26.7 Å². The minimum absolute atomic E-state index is 0.0783. The monoisotopic (exact) mass is 227 g/mol. The predicted octanol–water partition coefficient (Wildman–Crippen LogP) is 2.19. The van der Waals surface area contributed by atoms with E-state index in [0.29, 0.717) is 12.6 Å². The summed E-state index contributed by atoms with van der Waals surface area (Å²) in [5.41, 5.74) is 0. The molecule has 0 unspecified atom stereocenters. The fraction of sp³-hybridized carbons (Fsp3) is 0.923. The first-order valence-corrected chi connectivity index (χ1v) is 6.65. The number of carbonyl (C=O) groups excluding carboxylic acids is 1. The normalized spacial score (nSPS) is 17.0. The molecule has 1 saturated carbocycles.